The monoisotopic (exact) mass is 393 g/mol. The Hall–Kier alpha value is -0.0400. The van der Waals surface area contributed by atoms with Crippen molar-refractivity contribution in [3.05, 3.63) is 15.1 Å². The third-order valence-electron chi connectivity index (χ3n) is 2.92. The summed E-state index contributed by atoms with van der Waals surface area (Å²) in [5.74, 6) is 2.87. The lowest BCUT2D eigenvalue weighted by atomic mass is 10.3. The molecule has 1 aromatic heterocycles. The highest BCUT2D eigenvalue weighted by Crippen LogP contribution is 2.23. The Kier molecular flexibility index (Phi) is 8.06. The molecule has 1 heterocycles. The maximum absolute atomic E-state index is 4.69. The van der Waals surface area contributed by atoms with Crippen LogP contribution in [0.2, 0.25) is 0 Å². The molecule has 19 heavy (non-hydrogen) atoms. The second-order valence-corrected chi connectivity index (χ2v) is 7.06. The number of thioether (sulfide) groups is 1. The second-order valence-electron chi connectivity index (χ2n) is 4.56. The Bertz CT molecular complexity index is 399. The van der Waals surface area contributed by atoms with Gasteiger partial charge in [0.15, 0.2) is 0 Å². The van der Waals surface area contributed by atoms with Crippen LogP contribution in [0.5, 0.6) is 0 Å². The van der Waals surface area contributed by atoms with Crippen molar-refractivity contribution < 1.29 is 0 Å². The number of hydrogen-bond donors (Lipinski definition) is 1. The number of halogens is 1. The molecule has 108 valence electrons. The molecule has 0 saturated carbocycles. The number of hydrogen-bond acceptors (Lipinski definition) is 4. The van der Waals surface area contributed by atoms with Gasteiger partial charge in [0.2, 0.25) is 0 Å². The number of rotatable bonds is 8. The van der Waals surface area contributed by atoms with E-state index < -0.39 is 0 Å². The summed E-state index contributed by atoms with van der Waals surface area (Å²) >= 11 is 4.28. The summed E-state index contributed by atoms with van der Waals surface area (Å²) in [6.45, 7) is 9.77. The summed E-state index contributed by atoms with van der Waals surface area (Å²) in [5.41, 5.74) is 1.16. The molecule has 1 atom stereocenters. The topological polar surface area (TPSA) is 37.8 Å². The second kappa shape index (κ2) is 9.00. The van der Waals surface area contributed by atoms with Crippen LogP contribution in [0.1, 0.15) is 52.1 Å². The van der Waals surface area contributed by atoms with Crippen LogP contribution in [0.4, 0.5) is 5.82 Å². The first-order valence-electron chi connectivity index (χ1n) is 7.03. The average molecular weight is 393 g/mol. The largest absolute Gasteiger partial charge is 0.369 e. The van der Waals surface area contributed by atoms with Gasteiger partial charge < -0.3 is 5.32 Å². The van der Waals surface area contributed by atoms with Gasteiger partial charge in [-0.3, -0.25) is 0 Å². The highest BCUT2D eigenvalue weighted by molar-refractivity contribution is 14.1. The maximum Gasteiger partial charge on any atom is 0.143 e. The van der Waals surface area contributed by atoms with Gasteiger partial charge in [-0.1, -0.05) is 27.7 Å². The molecule has 0 spiro atoms. The molecule has 0 aliphatic carbocycles. The molecule has 1 aromatic rings. The summed E-state index contributed by atoms with van der Waals surface area (Å²) in [5, 5.41) is 4.08. The highest BCUT2D eigenvalue weighted by Gasteiger charge is 2.11. The molecule has 1 N–H and O–H groups in total. The van der Waals surface area contributed by atoms with Gasteiger partial charge in [0.05, 0.1) is 15.0 Å². The van der Waals surface area contributed by atoms with Crippen LogP contribution in [-0.2, 0) is 12.2 Å². The van der Waals surface area contributed by atoms with Gasteiger partial charge in [-0.15, -0.1) is 0 Å². The minimum Gasteiger partial charge on any atom is -0.369 e. The quantitative estimate of drug-likeness (QED) is 0.660. The number of aryl methyl sites for hydroxylation is 1. The Morgan fingerprint density at radius 2 is 2.00 bits per heavy atom. The summed E-state index contributed by atoms with van der Waals surface area (Å²) in [6.07, 6.45) is 3.26. The SMILES string of the molecule is CCCNc1nc(CSC(C)CC)nc(CC)c1I. The van der Waals surface area contributed by atoms with Crippen LogP contribution < -0.4 is 5.32 Å². The number of nitrogens with zero attached hydrogens (tertiary/aromatic N) is 2. The average Bonchev–Trinajstić information content (AvgIpc) is 2.44. The molecule has 0 saturated heterocycles. The van der Waals surface area contributed by atoms with Crippen molar-refractivity contribution in [2.75, 3.05) is 11.9 Å². The Morgan fingerprint density at radius 3 is 2.58 bits per heavy atom. The zero-order chi connectivity index (χ0) is 14.3. The smallest absolute Gasteiger partial charge is 0.143 e. The first-order chi connectivity index (χ1) is 9.12. The Labute approximate surface area is 134 Å². The zero-order valence-electron chi connectivity index (χ0n) is 12.3. The molecule has 1 unspecified atom stereocenters. The lowest BCUT2D eigenvalue weighted by molar-refractivity contribution is 0.887. The van der Waals surface area contributed by atoms with Crippen molar-refractivity contribution in [1.29, 1.82) is 0 Å². The lowest BCUT2D eigenvalue weighted by Gasteiger charge is -2.13. The fourth-order valence-electron chi connectivity index (χ4n) is 1.54. The van der Waals surface area contributed by atoms with Crippen molar-refractivity contribution in [2.45, 2.75) is 58.0 Å². The molecule has 0 aliphatic rings. The molecule has 1 rings (SSSR count). The van der Waals surface area contributed by atoms with E-state index in [0.717, 1.165) is 42.5 Å². The van der Waals surface area contributed by atoms with Crippen molar-refractivity contribution >= 4 is 40.2 Å². The van der Waals surface area contributed by atoms with E-state index in [9.17, 15) is 0 Å². The highest BCUT2D eigenvalue weighted by atomic mass is 127. The number of aromatic nitrogens is 2. The lowest BCUT2D eigenvalue weighted by Crippen LogP contribution is -2.10. The standard InChI is InChI=1S/C14H24IN3S/c1-5-8-16-14-13(15)11(7-3)17-12(18-14)9-19-10(4)6-2/h10H,5-9H2,1-4H3,(H,16,17,18). The van der Waals surface area contributed by atoms with Crippen LogP contribution >= 0.6 is 34.4 Å². The number of nitrogens with one attached hydrogen (secondary N) is 1. The van der Waals surface area contributed by atoms with Crippen LogP contribution in [0.25, 0.3) is 0 Å². The van der Waals surface area contributed by atoms with Crippen molar-refractivity contribution in [2.24, 2.45) is 0 Å². The number of anilines is 1. The predicted molar refractivity (Wildman–Crippen MR) is 94.0 cm³/mol. The molecule has 0 bridgehead atoms. The Morgan fingerprint density at radius 1 is 1.26 bits per heavy atom. The molecular formula is C14H24IN3S. The molecule has 3 nitrogen and oxygen atoms in total. The van der Waals surface area contributed by atoms with E-state index in [2.05, 4.69) is 65.6 Å². The van der Waals surface area contributed by atoms with E-state index in [4.69, 9.17) is 0 Å². The molecule has 5 heteroatoms. The van der Waals surface area contributed by atoms with Gasteiger partial charge in [-0.05, 0) is 41.9 Å². The van der Waals surface area contributed by atoms with Gasteiger partial charge >= 0.3 is 0 Å². The van der Waals surface area contributed by atoms with Crippen LogP contribution in [-0.4, -0.2) is 21.8 Å². The van der Waals surface area contributed by atoms with E-state index >= 15 is 0 Å². The molecule has 0 aliphatic heterocycles. The fraction of sp³-hybridized carbons (Fsp3) is 0.714. The fourth-order valence-corrected chi connectivity index (χ4v) is 3.15. The van der Waals surface area contributed by atoms with Crippen molar-refractivity contribution in [3.8, 4) is 0 Å². The normalized spacial score (nSPS) is 12.5. The minimum atomic E-state index is 0.667. The van der Waals surface area contributed by atoms with Gasteiger partial charge in [0.25, 0.3) is 0 Å². The van der Waals surface area contributed by atoms with Gasteiger partial charge in [0, 0.05) is 11.8 Å². The van der Waals surface area contributed by atoms with E-state index in [-0.39, 0.29) is 0 Å². The summed E-state index contributed by atoms with van der Waals surface area (Å²) in [4.78, 5) is 9.36. The van der Waals surface area contributed by atoms with Crippen LogP contribution in [0.15, 0.2) is 0 Å². The van der Waals surface area contributed by atoms with E-state index in [1.165, 1.54) is 9.99 Å². The minimum absolute atomic E-state index is 0.667. The first kappa shape index (κ1) is 17.0. The molecule has 0 amide bonds. The van der Waals surface area contributed by atoms with Crippen LogP contribution in [0.3, 0.4) is 0 Å². The summed E-state index contributed by atoms with van der Waals surface area (Å²) in [6, 6.07) is 0. The zero-order valence-corrected chi connectivity index (χ0v) is 15.3. The third kappa shape index (κ3) is 5.45. The predicted octanol–water partition coefficient (Wildman–Crippen LogP) is 4.50. The van der Waals surface area contributed by atoms with E-state index in [0.29, 0.717) is 5.25 Å². The third-order valence-corrected chi connectivity index (χ3v) is 5.38. The first-order valence-corrected chi connectivity index (χ1v) is 9.15. The van der Waals surface area contributed by atoms with E-state index in [1.54, 1.807) is 0 Å². The summed E-state index contributed by atoms with van der Waals surface area (Å²) in [7, 11) is 0. The molecule has 0 fully saturated rings. The van der Waals surface area contributed by atoms with Crippen LogP contribution in [0, 0.1) is 3.57 Å². The molecule has 0 aromatic carbocycles. The van der Waals surface area contributed by atoms with Crippen molar-refractivity contribution in [1.82, 2.24) is 9.97 Å². The van der Waals surface area contributed by atoms with E-state index in [1.807, 2.05) is 11.8 Å². The molecule has 0 radical (unpaired) electrons. The Balaban J connectivity index is 2.85. The van der Waals surface area contributed by atoms with Gasteiger partial charge in [0.1, 0.15) is 11.6 Å². The summed E-state index contributed by atoms with van der Waals surface area (Å²) < 4.78 is 1.17. The maximum atomic E-state index is 4.69. The van der Waals surface area contributed by atoms with Crippen molar-refractivity contribution in [3.63, 3.8) is 0 Å². The van der Waals surface area contributed by atoms with Gasteiger partial charge in [-0.25, -0.2) is 9.97 Å². The molecular weight excluding hydrogens is 369 g/mol. The van der Waals surface area contributed by atoms with Gasteiger partial charge in [-0.2, -0.15) is 11.8 Å².